The highest BCUT2D eigenvalue weighted by Gasteiger charge is 2.30. The van der Waals surface area contributed by atoms with E-state index in [9.17, 15) is 0 Å². The summed E-state index contributed by atoms with van der Waals surface area (Å²) in [5, 5.41) is 7.81. The highest BCUT2D eigenvalue weighted by molar-refractivity contribution is 14.0. The van der Waals surface area contributed by atoms with Crippen molar-refractivity contribution in [3.63, 3.8) is 0 Å². The SMILES string of the molecule is CCNC(=NCC(C)c1ccsc1)N1CCC(C)(C)C1.I. The van der Waals surface area contributed by atoms with Gasteiger partial charge < -0.3 is 10.2 Å². The molecule has 1 aromatic heterocycles. The molecule has 0 aromatic carbocycles. The van der Waals surface area contributed by atoms with E-state index in [4.69, 9.17) is 4.99 Å². The number of rotatable bonds is 4. The third-order valence-corrected chi connectivity index (χ3v) is 4.64. The van der Waals surface area contributed by atoms with E-state index < -0.39 is 0 Å². The predicted molar refractivity (Wildman–Crippen MR) is 104 cm³/mol. The van der Waals surface area contributed by atoms with Crippen LogP contribution in [-0.2, 0) is 0 Å². The molecule has 0 saturated carbocycles. The van der Waals surface area contributed by atoms with Crippen LogP contribution in [0.3, 0.4) is 0 Å². The second-order valence-corrected chi connectivity index (χ2v) is 7.27. The van der Waals surface area contributed by atoms with Crippen LogP contribution in [0.15, 0.2) is 21.8 Å². The zero-order chi connectivity index (χ0) is 14.6. The van der Waals surface area contributed by atoms with Crippen molar-refractivity contribution in [2.24, 2.45) is 10.4 Å². The van der Waals surface area contributed by atoms with E-state index in [0.29, 0.717) is 11.3 Å². The predicted octanol–water partition coefficient (Wildman–Crippen LogP) is 4.17. The lowest BCUT2D eigenvalue weighted by Crippen LogP contribution is -2.41. The van der Waals surface area contributed by atoms with Gasteiger partial charge in [-0.25, -0.2) is 0 Å². The lowest BCUT2D eigenvalue weighted by atomic mass is 9.93. The molecular weight excluding hydrogens is 393 g/mol. The Kier molecular flexibility index (Phi) is 7.47. The zero-order valence-corrected chi connectivity index (χ0v) is 16.7. The monoisotopic (exact) mass is 421 g/mol. The van der Waals surface area contributed by atoms with Gasteiger partial charge in [-0.1, -0.05) is 20.8 Å². The summed E-state index contributed by atoms with van der Waals surface area (Å²) in [5.41, 5.74) is 1.81. The van der Waals surface area contributed by atoms with Crippen LogP contribution in [0.4, 0.5) is 0 Å². The fraction of sp³-hybridized carbons (Fsp3) is 0.688. The van der Waals surface area contributed by atoms with Crippen LogP contribution < -0.4 is 5.32 Å². The molecular formula is C16H28IN3S. The van der Waals surface area contributed by atoms with Gasteiger partial charge in [-0.05, 0) is 41.1 Å². The normalized spacial score (nSPS) is 19.2. The molecule has 1 atom stereocenters. The molecule has 1 aromatic rings. The Morgan fingerprint density at radius 2 is 2.29 bits per heavy atom. The Morgan fingerprint density at radius 3 is 2.81 bits per heavy atom. The van der Waals surface area contributed by atoms with E-state index in [1.165, 1.54) is 12.0 Å². The van der Waals surface area contributed by atoms with E-state index in [-0.39, 0.29) is 24.0 Å². The van der Waals surface area contributed by atoms with Gasteiger partial charge in [0.1, 0.15) is 0 Å². The number of hydrogen-bond acceptors (Lipinski definition) is 2. The fourth-order valence-corrected chi connectivity index (χ4v) is 3.39. The molecule has 3 nitrogen and oxygen atoms in total. The third kappa shape index (κ3) is 5.43. The second-order valence-electron chi connectivity index (χ2n) is 6.49. The fourth-order valence-electron chi connectivity index (χ4n) is 2.60. The summed E-state index contributed by atoms with van der Waals surface area (Å²) in [7, 11) is 0. The number of thiophene rings is 1. The first-order valence-electron chi connectivity index (χ1n) is 7.57. The molecule has 2 rings (SSSR count). The minimum atomic E-state index is 0. The Labute approximate surface area is 150 Å². The summed E-state index contributed by atoms with van der Waals surface area (Å²) < 4.78 is 0. The maximum Gasteiger partial charge on any atom is 0.193 e. The van der Waals surface area contributed by atoms with Crippen LogP contribution in [0.2, 0.25) is 0 Å². The lowest BCUT2D eigenvalue weighted by molar-refractivity contribution is 0.370. The first kappa shape index (κ1) is 18.7. The maximum absolute atomic E-state index is 4.85. The number of guanidine groups is 1. The summed E-state index contributed by atoms with van der Waals surface area (Å²) in [5.74, 6) is 1.57. The van der Waals surface area contributed by atoms with Gasteiger partial charge >= 0.3 is 0 Å². The standard InChI is InChI=1S/C16H27N3S.HI/c1-5-17-15(19-8-7-16(3,4)12-19)18-10-13(2)14-6-9-20-11-14;/h6,9,11,13H,5,7-8,10,12H2,1-4H3,(H,17,18);1H. The highest BCUT2D eigenvalue weighted by atomic mass is 127. The zero-order valence-electron chi connectivity index (χ0n) is 13.6. The Hall–Kier alpha value is -0.300. The second kappa shape index (κ2) is 8.36. The van der Waals surface area contributed by atoms with Crippen molar-refractivity contribution in [2.75, 3.05) is 26.2 Å². The first-order chi connectivity index (χ1) is 9.52. The number of aliphatic imine (C=N–C) groups is 1. The third-order valence-electron chi connectivity index (χ3n) is 3.94. The number of hydrogen-bond donors (Lipinski definition) is 1. The van der Waals surface area contributed by atoms with Gasteiger partial charge in [0.25, 0.3) is 0 Å². The molecule has 1 aliphatic heterocycles. The van der Waals surface area contributed by atoms with E-state index >= 15 is 0 Å². The highest BCUT2D eigenvalue weighted by Crippen LogP contribution is 2.28. The van der Waals surface area contributed by atoms with Gasteiger partial charge in [0.05, 0.1) is 0 Å². The molecule has 0 aliphatic carbocycles. The van der Waals surface area contributed by atoms with E-state index in [0.717, 1.165) is 32.1 Å². The van der Waals surface area contributed by atoms with E-state index in [1.807, 2.05) is 0 Å². The van der Waals surface area contributed by atoms with Gasteiger partial charge in [-0.3, -0.25) is 4.99 Å². The molecule has 2 heterocycles. The summed E-state index contributed by atoms with van der Waals surface area (Å²) in [6.07, 6.45) is 1.25. The summed E-state index contributed by atoms with van der Waals surface area (Å²) in [6.45, 7) is 13.1. The topological polar surface area (TPSA) is 27.6 Å². The Bertz CT molecular complexity index is 442. The Balaban J connectivity index is 0.00000220. The summed E-state index contributed by atoms with van der Waals surface area (Å²) >= 11 is 1.76. The van der Waals surface area contributed by atoms with Crippen molar-refractivity contribution in [1.29, 1.82) is 0 Å². The van der Waals surface area contributed by atoms with Gasteiger partial charge in [0.2, 0.25) is 0 Å². The lowest BCUT2D eigenvalue weighted by Gasteiger charge is -2.24. The van der Waals surface area contributed by atoms with Crippen LogP contribution in [0.1, 0.15) is 45.6 Å². The van der Waals surface area contributed by atoms with Crippen LogP contribution in [0, 0.1) is 5.41 Å². The van der Waals surface area contributed by atoms with Crippen LogP contribution in [-0.4, -0.2) is 37.0 Å². The molecule has 0 radical (unpaired) electrons. The van der Waals surface area contributed by atoms with Crippen molar-refractivity contribution in [2.45, 2.75) is 40.0 Å². The number of nitrogens with one attached hydrogen (secondary N) is 1. The maximum atomic E-state index is 4.85. The molecule has 1 aliphatic rings. The minimum absolute atomic E-state index is 0. The molecule has 0 amide bonds. The van der Waals surface area contributed by atoms with Crippen molar-refractivity contribution in [3.8, 4) is 0 Å². The largest absolute Gasteiger partial charge is 0.357 e. The number of likely N-dealkylation sites (tertiary alicyclic amines) is 1. The van der Waals surface area contributed by atoms with Gasteiger partial charge in [-0.15, -0.1) is 24.0 Å². The summed E-state index contributed by atoms with van der Waals surface area (Å²) in [6, 6.07) is 2.21. The van der Waals surface area contributed by atoms with Crippen LogP contribution >= 0.6 is 35.3 Å². The van der Waals surface area contributed by atoms with Crippen molar-refractivity contribution < 1.29 is 0 Å². The van der Waals surface area contributed by atoms with Crippen molar-refractivity contribution >= 4 is 41.3 Å². The molecule has 1 N–H and O–H groups in total. The van der Waals surface area contributed by atoms with Crippen LogP contribution in [0.25, 0.3) is 0 Å². The van der Waals surface area contributed by atoms with Gasteiger partial charge in [0, 0.05) is 32.1 Å². The Morgan fingerprint density at radius 1 is 1.52 bits per heavy atom. The van der Waals surface area contributed by atoms with E-state index in [2.05, 4.69) is 54.7 Å². The van der Waals surface area contributed by atoms with Gasteiger partial charge in [0.15, 0.2) is 5.96 Å². The van der Waals surface area contributed by atoms with Crippen LogP contribution in [0.5, 0.6) is 0 Å². The van der Waals surface area contributed by atoms with E-state index in [1.54, 1.807) is 11.3 Å². The minimum Gasteiger partial charge on any atom is -0.357 e. The number of halogens is 1. The molecule has 120 valence electrons. The van der Waals surface area contributed by atoms with Crippen molar-refractivity contribution in [3.05, 3.63) is 22.4 Å². The van der Waals surface area contributed by atoms with Crippen molar-refractivity contribution in [1.82, 2.24) is 10.2 Å². The molecule has 1 unspecified atom stereocenters. The quantitative estimate of drug-likeness (QED) is 0.449. The number of nitrogens with zero attached hydrogens (tertiary/aromatic N) is 2. The molecule has 0 bridgehead atoms. The molecule has 0 spiro atoms. The average Bonchev–Trinajstić information content (AvgIpc) is 3.03. The summed E-state index contributed by atoms with van der Waals surface area (Å²) in [4.78, 5) is 7.26. The molecule has 1 saturated heterocycles. The smallest absolute Gasteiger partial charge is 0.193 e. The molecule has 5 heteroatoms. The van der Waals surface area contributed by atoms with Gasteiger partial charge in [-0.2, -0.15) is 11.3 Å². The average molecular weight is 421 g/mol. The molecule has 1 fully saturated rings. The first-order valence-corrected chi connectivity index (χ1v) is 8.51. The molecule has 21 heavy (non-hydrogen) atoms.